The third-order valence-corrected chi connectivity index (χ3v) is 3.88. The minimum Gasteiger partial charge on any atom is -0.324 e. The molecule has 10 nitrogen and oxygen atoms in total. The summed E-state index contributed by atoms with van der Waals surface area (Å²) in [6, 6.07) is 3.57. The molecule has 134 valence electrons. The van der Waals surface area contributed by atoms with E-state index in [0.29, 0.717) is 0 Å². The van der Waals surface area contributed by atoms with Gasteiger partial charge >= 0.3 is 5.69 Å². The highest BCUT2D eigenvalue weighted by molar-refractivity contribution is 5.82. The normalized spacial score (nSPS) is 11.3. The van der Waals surface area contributed by atoms with Gasteiger partial charge < -0.3 is 4.57 Å². The fraction of sp³-hybridized carbons (Fsp3) is 0.250. The molecule has 3 aromatic rings. The Bertz CT molecular complexity index is 1090. The lowest BCUT2D eigenvalue weighted by atomic mass is 10.3. The number of amides is 1. The highest BCUT2D eigenvalue weighted by Gasteiger charge is 2.14. The number of aromatic nitrogens is 5. The Morgan fingerprint density at radius 1 is 1.31 bits per heavy atom. The molecular formula is C16H17N7O3. The molecule has 0 aromatic carbocycles. The van der Waals surface area contributed by atoms with Crippen molar-refractivity contribution in [3.8, 4) is 0 Å². The van der Waals surface area contributed by atoms with Crippen LogP contribution in [-0.4, -0.2) is 35.8 Å². The van der Waals surface area contributed by atoms with E-state index in [4.69, 9.17) is 0 Å². The lowest BCUT2D eigenvalue weighted by Crippen LogP contribution is -2.37. The molecule has 0 aliphatic rings. The first-order valence-corrected chi connectivity index (χ1v) is 7.82. The Labute approximate surface area is 147 Å². The number of carbonyl (C=O) groups is 1. The number of aryl methyl sites for hydroxylation is 2. The number of carbonyl (C=O) groups excluding carboxylic acids is 1. The second-order valence-corrected chi connectivity index (χ2v) is 5.65. The van der Waals surface area contributed by atoms with Crippen molar-refractivity contribution in [3.05, 3.63) is 57.3 Å². The standard InChI is InChI=1S/C16H17N7O3/c1-21-14-13(15(25)22(2)16(21)26)23(10-18-14)7-5-12(24)20-19-9-11-4-3-6-17-8-11/h3-4,6,8-10H,5,7H2,1-2H3,(H,20,24)/b19-9-. The van der Waals surface area contributed by atoms with Gasteiger partial charge in [-0.25, -0.2) is 15.2 Å². The highest BCUT2D eigenvalue weighted by Crippen LogP contribution is 2.06. The molecular weight excluding hydrogens is 338 g/mol. The van der Waals surface area contributed by atoms with Crippen molar-refractivity contribution in [2.24, 2.45) is 19.2 Å². The quantitative estimate of drug-likeness (QED) is 0.483. The number of pyridine rings is 1. The first-order valence-electron chi connectivity index (χ1n) is 7.82. The van der Waals surface area contributed by atoms with E-state index in [1.807, 2.05) is 0 Å². The number of hydrogen-bond donors (Lipinski definition) is 1. The average Bonchev–Trinajstić information content (AvgIpc) is 3.08. The summed E-state index contributed by atoms with van der Waals surface area (Å²) < 4.78 is 3.87. The van der Waals surface area contributed by atoms with Gasteiger partial charge in [-0.05, 0) is 6.07 Å². The topological polar surface area (TPSA) is 116 Å². The van der Waals surface area contributed by atoms with Crippen LogP contribution >= 0.6 is 0 Å². The van der Waals surface area contributed by atoms with E-state index in [1.165, 1.54) is 24.2 Å². The first kappa shape index (κ1) is 17.3. The summed E-state index contributed by atoms with van der Waals surface area (Å²) in [5.74, 6) is -0.311. The zero-order valence-corrected chi connectivity index (χ0v) is 14.3. The summed E-state index contributed by atoms with van der Waals surface area (Å²) in [6.45, 7) is 0.234. The van der Waals surface area contributed by atoms with Crippen molar-refractivity contribution < 1.29 is 4.79 Å². The summed E-state index contributed by atoms with van der Waals surface area (Å²) >= 11 is 0. The molecule has 0 bridgehead atoms. The monoisotopic (exact) mass is 355 g/mol. The second-order valence-electron chi connectivity index (χ2n) is 5.65. The number of hydrazone groups is 1. The molecule has 1 N–H and O–H groups in total. The fourth-order valence-corrected chi connectivity index (χ4v) is 2.48. The van der Waals surface area contributed by atoms with Gasteiger partial charge in [0.05, 0.1) is 12.5 Å². The minimum atomic E-state index is -0.449. The van der Waals surface area contributed by atoms with Crippen LogP contribution in [0.4, 0.5) is 0 Å². The first-order chi connectivity index (χ1) is 12.5. The molecule has 3 rings (SSSR count). The predicted octanol–water partition coefficient (Wildman–Crippen LogP) is -0.631. The van der Waals surface area contributed by atoms with Crippen molar-refractivity contribution in [2.75, 3.05) is 0 Å². The number of imidazole rings is 1. The van der Waals surface area contributed by atoms with Gasteiger partial charge in [0.15, 0.2) is 11.2 Å². The van der Waals surface area contributed by atoms with Crippen molar-refractivity contribution in [2.45, 2.75) is 13.0 Å². The third-order valence-electron chi connectivity index (χ3n) is 3.88. The van der Waals surface area contributed by atoms with E-state index in [-0.39, 0.29) is 30.0 Å². The van der Waals surface area contributed by atoms with Crippen LogP contribution in [0.25, 0.3) is 11.2 Å². The van der Waals surface area contributed by atoms with Crippen molar-refractivity contribution in [1.29, 1.82) is 0 Å². The lowest BCUT2D eigenvalue weighted by Gasteiger charge is -2.06. The molecule has 26 heavy (non-hydrogen) atoms. The number of fused-ring (bicyclic) bond motifs is 1. The van der Waals surface area contributed by atoms with E-state index in [1.54, 1.807) is 36.1 Å². The van der Waals surface area contributed by atoms with Crippen LogP contribution in [0.5, 0.6) is 0 Å². The summed E-state index contributed by atoms with van der Waals surface area (Å²) in [5, 5.41) is 3.86. The van der Waals surface area contributed by atoms with Crippen molar-refractivity contribution >= 4 is 23.3 Å². The molecule has 1 amide bonds. The van der Waals surface area contributed by atoms with E-state index >= 15 is 0 Å². The molecule has 10 heteroatoms. The lowest BCUT2D eigenvalue weighted by molar-refractivity contribution is -0.121. The molecule has 0 spiro atoms. The van der Waals surface area contributed by atoms with Crippen LogP contribution in [0, 0.1) is 0 Å². The molecule has 3 aromatic heterocycles. The zero-order valence-electron chi connectivity index (χ0n) is 14.3. The van der Waals surface area contributed by atoms with Gasteiger partial charge in [0.25, 0.3) is 5.56 Å². The van der Waals surface area contributed by atoms with Gasteiger partial charge in [-0.2, -0.15) is 5.10 Å². The van der Waals surface area contributed by atoms with Gasteiger partial charge in [0.2, 0.25) is 5.91 Å². The molecule has 0 saturated heterocycles. The van der Waals surface area contributed by atoms with Gasteiger partial charge in [0, 0.05) is 45.0 Å². The van der Waals surface area contributed by atoms with Gasteiger partial charge in [-0.1, -0.05) is 6.07 Å². The minimum absolute atomic E-state index is 0.0990. The van der Waals surface area contributed by atoms with Gasteiger partial charge in [0.1, 0.15) is 0 Å². The largest absolute Gasteiger partial charge is 0.332 e. The fourth-order valence-electron chi connectivity index (χ4n) is 2.48. The number of rotatable bonds is 5. The van der Waals surface area contributed by atoms with Crippen LogP contribution in [-0.2, 0) is 25.4 Å². The summed E-state index contributed by atoms with van der Waals surface area (Å²) in [5.41, 5.74) is 2.85. The maximum absolute atomic E-state index is 12.3. The van der Waals surface area contributed by atoms with Gasteiger partial charge in [-0.3, -0.25) is 23.7 Å². The smallest absolute Gasteiger partial charge is 0.324 e. The summed E-state index contributed by atoms with van der Waals surface area (Å²) in [6.07, 6.45) is 6.29. The molecule has 0 aliphatic heterocycles. The maximum Gasteiger partial charge on any atom is 0.332 e. The van der Waals surface area contributed by atoms with Crippen LogP contribution < -0.4 is 16.7 Å². The van der Waals surface area contributed by atoms with Crippen molar-refractivity contribution in [1.82, 2.24) is 29.1 Å². The highest BCUT2D eigenvalue weighted by atomic mass is 16.2. The van der Waals surface area contributed by atoms with E-state index in [2.05, 4.69) is 20.5 Å². The molecule has 0 aliphatic carbocycles. The molecule has 0 unspecified atom stereocenters. The molecule has 0 fully saturated rings. The number of hydrogen-bond acceptors (Lipinski definition) is 6. The average molecular weight is 355 g/mol. The van der Waals surface area contributed by atoms with Gasteiger partial charge in [-0.15, -0.1) is 0 Å². The Morgan fingerprint density at radius 2 is 2.12 bits per heavy atom. The summed E-state index contributed by atoms with van der Waals surface area (Å²) in [7, 11) is 2.95. The molecule has 0 atom stereocenters. The Kier molecular flexibility index (Phi) is 4.74. The molecule has 0 radical (unpaired) electrons. The molecule has 0 saturated carbocycles. The van der Waals surface area contributed by atoms with E-state index in [9.17, 15) is 14.4 Å². The Balaban J connectivity index is 1.70. The maximum atomic E-state index is 12.3. The van der Waals surface area contributed by atoms with Crippen molar-refractivity contribution in [3.63, 3.8) is 0 Å². The van der Waals surface area contributed by atoms with E-state index < -0.39 is 11.2 Å². The second kappa shape index (κ2) is 7.13. The van der Waals surface area contributed by atoms with Crippen LogP contribution in [0.2, 0.25) is 0 Å². The number of nitrogens with zero attached hydrogens (tertiary/aromatic N) is 6. The van der Waals surface area contributed by atoms with E-state index in [0.717, 1.165) is 10.1 Å². The predicted molar refractivity (Wildman–Crippen MR) is 94.8 cm³/mol. The SMILES string of the molecule is Cn1c(=O)c2c(ncn2CCC(=O)N/N=C\c2cccnc2)n(C)c1=O. The van der Waals surface area contributed by atoms with Crippen LogP contribution in [0.15, 0.2) is 45.5 Å². The van der Waals surface area contributed by atoms with Crippen LogP contribution in [0.1, 0.15) is 12.0 Å². The molecule has 3 heterocycles. The summed E-state index contributed by atoms with van der Waals surface area (Å²) in [4.78, 5) is 44.2. The zero-order chi connectivity index (χ0) is 18.7. The Hall–Kier alpha value is -3.56. The van der Waals surface area contributed by atoms with Crippen LogP contribution in [0.3, 0.4) is 0 Å². The Morgan fingerprint density at radius 3 is 2.85 bits per heavy atom. The number of nitrogens with one attached hydrogen (secondary N) is 1. The third kappa shape index (κ3) is 3.29.